The number of nitrogens with zero attached hydrogens (tertiary/aromatic N) is 20. The molecule has 4 amide bonds. The van der Waals surface area contributed by atoms with Gasteiger partial charge in [-0.3, -0.25) is 48.1 Å². The second-order valence-electron chi connectivity index (χ2n) is 32.0. The van der Waals surface area contributed by atoms with Crippen molar-refractivity contribution in [3.05, 3.63) is 228 Å². The third kappa shape index (κ3) is 28.4. The molecule has 0 saturated carbocycles. The molecule has 37 nitrogen and oxygen atoms in total. The molecule has 0 fully saturated rings. The van der Waals surface area contributed by atoms with Crippen LogP contribution in [0.4, 0.5) is 54.8 Å². The largest absolute Gasteiger partial charge is 1.00 e. The van der Waals surface area contributed by atoms with Crippen molar-refractivity contribution in [2.45, 2.75) is 176 Å². The number of methoxy groups -OCH3 is 3. The second kappa shape index (κ2) is 48.4. The Balaban J connectivity index is 0.000000254. The molecule has 0 bridgehead atoms. The Labute approximate surface area is 805 Å². The maximum absolute atomic E-state index is 13.5. The number of hydrogen-bond donors (Lipinski definition) is 4. The van der Waals surface area contributed by atoms with Crippen LogP contribution < -0.4 is 24.6 Å². The number of carbonyl (C=O) groups is 8. The first kappa shape index (κ1) is 109. The number of hydrogen-bond acceptors (Lipinski definition) is 25. The van der Waals surface area contributed by atoms with Gasteiger partial charge >= 0.3 is 54.9 Å². The van der Waals surface area contributed by atoms with Gasteiger partial charge in [-0.1, -0.05) is 0 Å². The SMILES string of the molecule is CO.COC(=O)C1=CCN=C1.COC(=O)c1cnn(-c2cnn3c2CN(C(=O)Cc2cc(F)c(F)c(F)c2)[C@@H](C)C3)c1.COC(=O)c1cnn(-c2cnn3c2CN(C(=O)OC(C)(C)C)[C@@H](C)C3)c1.C[C@H]1Cn2ncc(-n3cc(CO)cn3)c2CN1C(=O)Cc1cc(F)c(F)c(F)c1.C[C@H]1Cn2ncc(I)c2CN1C(=O)OC(C)(C)C.Nc1cc(F)c(F)c(F)c1.O=C(O)C1=CCN=C1.[AlH3].[H-].[Li+]. The molecule has 5 N–H and O–H groups in total. The summed E-state index contributed by atoms with van der Waals surface area (Å²) in [6.45, 7) is 23.2. The van der Waals surface area contributed by atoms with Crippen LogP contribution in [0.2, 0.25) is 0 Å². The molecule has 49 heteroatoms. The van der Waals surface area contributed by atoms with Crippen LogP contribution in [0, 0.1) is 55.9 Å². The van der Waals surface area contributed by atoms with Crippen molar-refractivity contribution >= 4 is 106 Å². The summed E-state index contributed by atoms with van der Waals surface area (Å²) in [4.78, 5) is 108. The number of nitrogens with two attached hydrogens (primary N) is 1. The van der Waals surface area contributed by atoms with Gasteiger partial charge in [-0.25, -0.2) is 82.3 Å². The van der Waals surface area contributed by atoms with Crippen LogP contribution in [0.15, 0.2) is 132 Å². The Kier molecular flexibility index (Phi) is 39.2. The van der Waals surface area contributed by atoms with E-state index in [-0.39, 0.29) is 147 Å². The molecule has 0 unspecified atom stereocenters. The first-order chi connectivity index (χ1) is 62.9. The standard InChI is InChI=1S/C20H18F3N5O3.C19H18F3N5O2.C17H23N5O4.C12H18IN3O2.C6H4F3N.C6H7NO2.C5H5NO2.CH4O.Al.Li.4H/c1-11-8-27-17(16(7-25-27)28-9-13(6-24-28)20(30)31-2)10-26(11)18(29)5-12-3-14(21)19(23)15(22)4-12;1-11-7-26-17(16(6-24-26)27-8-13(10-28)5-23-27)9-25(11)18(29)4-12-2-14(20)19(22)15(21)3-12;1-11-8-21-14(10-20(11)16(24)26-17(2,3)4)13(7-19-21)22-9-12(6-18-22)15(23)25-5;1-8-6-16-10(9(13)5-14-16)7-15(8)11(17)18-12(2,3)4;7-4-1-3(10)2-5(8)6(4)9;1-9-6(8)5-2-3-7-4-5;7-5(8)4-1-2-6-3-4;1-2;;;;;;/h3-4,6-7,9,11H,5,8,10H2,1-2H3;2-3,5-6,8,11,28H,4,7,9-10H2,1H3;6-7,9,11H,8,10H2,1-5H3;5,8H,6-7H2,1-4H3;1-2H,10H2;2,4H,3H2,1H3;1,3H,2H2,(H,7,8);2H,1H3;;;;;;/q;;;;;;;;;+1;;;;-1/t3*11-;8-;;;;;;;;;;/m0000........../s1. The van der Waals surface area contributed by atoms with Gasteiger partial charge in [0.15, 0.2) is 69.7 Å². The zero-order valence-electron chi connectivity index (χ0n) is 76.5. The van der Waals surface area contributed by atoms with Crippen LogP contribution in [0.3, 0.4) is 0 Å². The topological polar surface area (TPSA) is 432 Å². The molecular formula is C86H101AlF9ILiN21O16. The number of carboxylic acids is 1. The summed E-state index contributed by atoms with van der Waals surface area (Å²) in [5.41, 5.74) is 11.4. The molecule has 0 radical (unpaired) electrons. The van der Waals surface area contributed by atoms with Crippen molar-refractivity contribution in [3.63, 3.8) is 0 Å². The summed E-state index contributed by atoms with van der Waals surface area (Å²) in [6.07, 6.45) is 20.8. The number of anilines is 1. The second-order valence-corrected chi connectivity index (χ2v) is 33.2. The molecule has 0 saturated heterocycles. The zero-order valence-corrected chi connectivity index (χ0v) is 77.7. The number of nitrogen functional groups attached to an aromatic ring is 1. The minimum Gasteiger partial charge on any atom is -1.00 e. The quantitative estimate of drug-likeness (QED) is 0.0198. The predicted octanol–water partition coefficient (Wildman–Crippen LogP) is 6.30. The number of aliphatic carboxylic acids is 1. The average Bonchev–Trinajstić information content (AvgIpc) is 1.61. The Hall–Kier alpha value is -12.7. The third-order valence-electron chi connectivity index (χ3n) is 20.1. The molecule has 10 aromatic rings. The molecule has 0 aliphatic carbocycles. The van der Waals surface area contributed by atoms with Crippen LogP contribution in [-0.4, -0.2) is 258 Å². The number of aliphatic hydroxyl groups is 2. The molecule has 0 spiro atoms. The van der Waals surface area contributed by atoms with Gasteiger partial charge in [-0.05, 0) is 139 Å². The van der Waals surface area contributed by atoms with Crippen molar-refractivity contribution in [3.8, 4) is 17.1 Å². The maximum atomic E-state index is 13.5. The van der Waals surface area contributed by atoms with Crippen LogP contribution >= 0.6 is 22.6 Å². The van der Waals surface area contributed by atoms with E-state index >= 15 is 0 Å². The number of benzene rings is 3. The van der Waals surface area contributed by atoms with Gasteiger partial charge in [0.25, 0.3) is 0 Å². The first-order valence-electron chi connectivity index (χ1n) is 40.6. The van der Waals surface area contributed by atoms with Crippen LogP contribution in [0.1, 0.15) is 131 Å². The number of aromatic nitrogens is 14. The van der Waals surface area contributed by atoms with E-state index in [2.05, 4.69) is 77.7 Å². The molecule has 16 rings (SSSR count). The first-order valence-corrected chi connectivity index (χ1v) is 41.6. The third-order valence-corrected chi connectivity index (χ3v) is 21.0. The number of carboxylic acid groups (broad SMARTS) is 1. The summed E-state index contributed by atoms with van der Waals surface area (Å²) in [7, 11) is 4.95. The molecule has 13 heterocycles. The van der Waals surface area contributed by atoms with E-state index in [1.54, 1.807) is 81.5 Å². The van der Waals surface area contributed by atoms with E-state index in [1.807, 2.05) is 84.8 Å². The molecule has 720 valence electrons. The number of aliphatic imine (C=N–C) groups is 2. The molecule has 135 heavy (non-hydrogen) atoms. The normalized spacial score (nSPS) is 15.7. The number of carbonyl (C=O) groups excluding carboxylic acids is 7. The number of amides is 4. The van der Waals surface area contributed by atoms with Gasteiger partial charge < -0.3 is 56.0 Å². The van der Waals surface area contributed by atoms with Gasteiger partial charge in [0, 0.05) is 73.6 Å². The van der Waals surface area contributed by atoms with Crippen molar-refractivity contribution in [2.75, 3.05) is 47.3 Å². The molecule has 3 aromatic carbocycles. The number of fused-ring (bicyclic) bond motifs is 4. The summed E-state index contributed by atoms with van der Waals surface area (Å²) < 4.78 is 154. The fourth-order valence-electron chi connectivity index (χ4n) is 13.5. The van der Waals surface area contributed by atoms with Crippen molar-refractivity contribution in [2.24, 2.45) is 9.98 Å². The Morgan fingerprint density at radius 3 is 1.10 bits per heavy atom. The van der Waals surface area contributed by atoms with Crippen molar-refractivity contribution in [1.82, 2.24) is 88.1 Å². The fourth-order valence-corrected chi connectivity index (χ4v) is 14.1. The van der Waals surface area contributed by atoms with Gasteiger partial charge in [-0.15, -0.1) is 0 Å². The van der Waals surface area contributed by atoms with E-state index < -0.39 is 81.5 Å². The van der Waals surface area contributed by atoms with Gasteiger partial charge in [0.1, 0.15) is 28.3 Å². The number of aliphatic hydroxyl groups excluding tert-OH is 2. The molecule has 6 aliphatic heterocycles. The smallest absolute Gasteiger partial charge is 1.00 e. The summed E-state index contributed by atoms with van der Waals surface area (Å²) >= 11 is 2.25. The molecule has 7 aromatic heterocycles. The summed E-state index contributed by atoms with van der Waals surface area (Å²) in [5.74, 6) is -15.4. The van der Waals surface area contributed by atoms with E-state index in [1.165, 1.54) is 63.2 Å². The Morgan fingerprint density at radius 2 is 0.770 bits per heavy atom. The number of ether oxygens (including phenoxy) is 5. The molecule has 6 aliphatic rings. The Morgan fingerprint density at radius 1 is 0.452 bits per heavy atom. The van der Waals surface area contributed by atoms with E-state index in [9.17, 15) is 83.0 Å². The van der Waals surface area contributed by atoms with E-state index in [0.717, 1.165) is 70.7 Å². The monoisotopic (exact) mass is 2020 g/mol. The maximum Gasteiger partial charge on any atom is 1.00 e. The predicted molar refractivity (Wildman–Crippen MR) is 477 cm³/mol. The number of halogens is 10. The van der Waals surface area contributed by atoms with Crippen LogP contribution in [0.5, 0.6) is 0 Å². The van der Waals surface area contributed by atoms with Gasteiger partial charge in [-0.2, -0.15) is 35.7 Å². The van der Waals surface area contributed by atoms with Crippen LogP contribution in [-0.2, 0) is 115 Å². The summed E-state index contributed by atoms with van der Waals surface area (Å²) in [6, 6.07) is 4.38. The minimum absolute atomic E-state index is 0. The minimum atomic E-state index is -1.57. The average molecular weight is 2020 g/mol. The Bertz CT molecular complexity index is 5980. The van der Waals surface area contributed by atoms with Gasteiger partial charge in [0.2, 0.25) is 11.8 Å². The summed E-state index contributed by atoms with van der Waals surface area (Å²) in [5, 5.41) is 54.4. The molecular weight excluding hydrogens is 1910 g/mol. The van der Waals surface area contributed by atoms with Crippen molar-refractivity contribution in [1.29, 1.82) is 0 Å². The molecule has 4 atom stereocenters. The number of esters is 3. The number of rotatable bonds is 12. The fraction of sp³-hybridized carbons (Fsp3) is 0.384. The zero-order chi connectivity index (χ0) is 97.9. The van der Waals surface area contributed by atoms with E-state index in [0.29, 0.717) is 90.8 Å². The van der Waals surface area contributed by atoms with Crippen LogP contribution in [0.25, 0.3) is 17.1 Å². The van der Waals surface area contributed by atoms with E-state index in [4.69, 9.17) is 30.2 Å². The van der Waals surface area contributed by atoms with Crippen molar-refractivity contribution < 1.29 is 137 Å². The van der Waals surface area contributed by atoms with Gasteiger partial charge in [0.05, 0.1) is 210 Å².